The summed E-state index contributed by atoms with van der Waals surface area (Å²) in [6, 6.07) is 14.4. The Morgan fingerprint density at radius 3 is 2.41 bits per heavy atom. The third-order valence-electron chi connectivity index (χ3n) is 4.40. The summed E-state index contributed by atoms with van der Waals surface area (Å²) >= 11 is 3.39. The van der Waals surface area contributed by atoms with Crippen LogP contribution in [0.5, 0.6) is 17.2 Å². The number of carbonyl (C=O) groups is 2. The van der Waals surface area contributed by atoms with Crippen LogP contribution < -0.4 is 19.6 Å². The highest BCUT2D eigenvalue weighted by Gasteiger charge is 2.14. The number of ether oxygens (including phenoxy) is 3. The van der Waals surface area contributed by atoms with E-state index >= 15 is 0 Å². The fourth-order valence-electron chi connectivity index (χ4n) is 2.96. The van der Waals surface area contributed by atoms with E-state index in [0.717, 1.165) is 10.8 Å². The van der Waals surface area contributed by atoms with Crippen LogP contribution >= 0.6 is 15.9 Å². The highest BCUT2D eigenvalue weighted by atomic mass is 79.9. The van der Waals surface area contributed by atoms with Gasteiger partial charge in [-0.3, -0.25) is 4.79 Å². The summed E-state index contributed by atoms with van der Waals surface area (Å²) in [5.41, 5.74) is 3.46. The number of carboxylic acids is 1. The maximum atomic E-state index is 12.7. The number of halogens is 1. The minimum atomic E-state index is -1.10. The fraction of sp³-hybridized carbons (Fsp3) is 0.174. The van der Waals surface area contributed by atoms with Crippen molar-refractivity contribution in [2.24, 2.45) is 5.10 Å². The first-order valence-corrected chi connectivity index (χ1v) is 10.4. The fourth-order valence-corrected chi connectivity index (χ4v) is 3.38. The number of nitrogens with one attached hydrogen (secondary N) is 1. The molecule has 0 radical (unpaired) electrons. The lowest BCUT2D eigenvalue weighted by molar-refractivity contribution is -0.139. The van der Waals surface area contributed by atoms with Crippen LogP contribution in [0, 0.1) is 0 Å². The smallest absolute Gasteiger partial charge is 0.341 e. The van der Waals surface area contributed by atoms with Crippen molar-refractivity contribution in [3.8, 4) is 17.2 Å². The number of aliphatic carboxylic acids is 1. The van der Waals surface area contributed by atoms with Gasteiger partial charge in [0.25, 0.3) is 5.91 Å². The molecule has 0 fully saturated rings. The van der Waals surface area contributed by atoms with E-state index in [9.17, 15) is 9.59 Å². The Morgan fingerprint density at radius 1 is 1.06 bits per heavy atom. The van der Waals surface area contributed by atoms with E-state index in [1.165, 1.54) is 13.3 Å². The molecular formula is C23H21BrN2O6. The van der Waals surface area contributed by atoms with Crippen molar-refractivity contribution in [1.82, 2.24) is 5.43 Å². The van der Waals surface area contributed by atoms with E-state index in [0.29, 0.717) is 33.7 Å². The topological polar surface area (TPSA) is 106 Å². The van der Waals surface area contributed by atoms with Gasteiger partial charge in [0.1, 0.15) is 5.75 Å². The zero-order valence-corrected chi connectivity index (χ0v) is 19.0. The maximum absolute atomic E-state index is 12.7. The van der Waals surface area contributed by atoms with Gasteiger partial charge >= 0.3 is 5.97 Å². The van der Waals surface area contributed by atoms with Crippen molar-refractivity contribution in [3.63, 3.8) is 0 Å². The number of hydrogen-bond acceptors (Lipinski definition) is 6. The number of rotatable bonds is 9. The lowest BCUT2D eigenvalue weighted by atomic mass is 10.1. The van der Waals surface area contributed by atoms with Crippen molar-refractivity contribution < 1.29 is 28.9 Å². The SMILES string of the molecule is CCOc1cc(/C=N\NC(=O)c2cc3ccccc3cc2OC)c(Br)cc1OCC(=O)O. The van der Waals surface area contributed by atoms with Gasteiger partial charge in [-0.2, -0.15) is 5.10 Å². The van der Waals surface area contributed by atoms with Crippen molar-refractivity contribution in [2.45, 2.75) is 6.92 Å². The highest BCUT2D eigenvalue weighted by Crippen LogP contribution is 2.33. The lowest BCUT2D eigenvalue weighted by Crippen LogP contribution is -2.18. The number of fused-ring (bicyclic) bond motifs is 1. The van der Waals surface area contributed by atoms with Gasteiger partial charge in [0.15, 0.2) is 18.1 Å². The molecule has 0 saturated heterocycles. The number of methoxy groups -OCH3 is 1. The van der Waals surface area contributed by atoms with Crippen molar-refractivity contribution >= 4 is 44.8 Å². The first-order valence-electron chi connectivity index (χ1n) is 9.64. The number of carboxylic acid groups (broad SMARTS) is 1. The molecule has 9 heteroatoms. The van der Waals surface area contributed by atoms with Crippen LogP contribution in [-0.2, 0) is 4.79 Å². The van der Waals surface area contributed by atoms with Gasteiger partial charge in [0.05, 0.1) is 25.5 Å². The van der Waals surface area contributed by atoms with Crippen LogP contribution in [0.25, 0.3) is 10.8 Å². The molecule has 0 heterocycles. The molecule has 0 atom stereocenters. The van der Waals surface area contributed by atoms with Gasteiger partial charge in [-0.05, 0) is 57.9 Å². The largest absolute Gasteiger partial charge is 0.496 e. The van der Waals surface area contributed by atoms with Crippen LogP contribution in [0.4, 0.5) is 0 Å². The Kier molecular flexibility index (Phi) is 7.67. The van der Waals surface area contributed by atoms with E-state index in [4.69, 9.17) is 19.3 Å². The predicted molar refractivity (Wildman–Crippen MR) is 124 cm³/mol. The predicted octanol–water partition coefficient (Wildman–Crippen LogP) is 4.24. The molecule has 3 aromatic carbocycles. The van der Waals surface area contributed by atoms with Crippen molar-refractivity contribution in [3.05, 3.63) is 64.1 Å². The van der Waals surface area contributed by atoms with E-state index < -0.39 is 18.5 Å². The molecule has 0 bridgehead atoms. The molecule has 8 nitrogen and oxygen atoms in total. The van der Waals surface area contributed by atoms with Gasteiger partial charge in [0.2, 0.25) is 0 Å². The molecule has 0 aromatic heterocycles. The van der Waals surface area contributed by atoms with Crippen LogP contribution in [-0.4, -0.2) is 43.5 Å². The first-order chi connectivity index (χ1) is 15.4. The quantitative estimate of drug-likeness (QED) is 0.336. The Bertz CT molecular complexity index is 1180. The number of benzene rings is 3. The number of amides is 1. The lowest BCUT2D eigenvalue weighted by Gasteiger charge is -2.12. The molecule has 0 aliphatic rings. The van der Waals surface area contributed by atoms with Crippen molar-refractivity contribution in [2.75, 3.05) is 20.3 Å². The molecular weight excluding hydrogens is 480 g/mol. The molecule has 32 heavy (non-hydrogen) atoms. The second-order valence-electron chi connectivity index (χ2n) is 6.53. The molecule has 0 unspecified atom stereocenters. The van der Waals surface area contributed by atoms with Crippen LogP contribution in [0.15, 0.2) is 58.1 Å². The van der Waals surface area contributed by atoms with E-state index in [-0.39, 0.29) is 5.75 Å². The summed E-state index contributed by atoms with van der Waals surface area (Å²) < 4.78 is 16.7. The zero-order chi connectivity index (χ0) is 23.1. The Morgan fingerprint density at radius 2 is 1.75 bits per heavy atom. The Hall–Kier alpha value is -3.59. The number of hydrogen-bond donors (Lipinski definition) is 2. The highest BCUT2D eigenvalue weighted by molar-refractivity contribution is 9.10. The number of carbonyl (C=O) groups excluding carboxylic acids is 1. The number of nitrogens with zero attached hydrogens (tertiary/aromatic N) is 1. The Labute approximate surface area is 192 Å². The van der Waals surface area contributed by atoms with Gasteiger partial charge < -0.3 is 19.3 Å². The summed E-state index contributed by atoms with van der Waals surface area (Å²) in [6.07, 6.45) is 1.44. The second-order valence-corrected chi connectivity index (χ2v) is 7.39. The molecule has 0 aliphatic carbocycles. The zero-order valence-electron chi connectivity index (χ0n) is 17.4. The molecule has 0 spiro atoms. The standard InChI is InChI=1S/C23H21BrN2O6/c1-3-31-20-10-16(18(24)11-21(20)32-13-22(27)28)12-25-26-23(29)17-8-14-6-4-5-7-15(14)9-19(17)30-2/h4-12H,3,13H2,1-2H3,(H,26,29)(H,27,28)/b25-12-. The van der Waals surface area contributed by atoms with Crippen LogP contribution in [0.3, 0.4) is 0 Å². The normalized spacial score (nSPS) is 10.8. The van der Waals surface area contributed by atoms with E-state index in [1.54, 1.807) is 31.2 Å². The molecule has 1 amide bonds. The maximum Gasteiger partial charge on any atom is 0.341 e. The summed E-state index contributed by atoms with van der Waals surface area (Å²) in [7, 11) is 1.50. The van der Waals surface area contributed by atoms with Gasteiger partial charge in [-0.1, -0.05) is 24.3 Å². The molecule has 3 rings (SSSR count). The summed E-state index contributed by atoms with van der Waals surface area (Å²) in [4.78, 5) is 23.5. The third-order valence-corrected chi connectivity index (χ3v) is 5.08. The van der Waals surface area contributed by atoms with Gasteiger partial charge in [-0.25, -0.2) is 10.2 Å². The average molecular weight is 501 g/mol. The first kappa shape index (κ1) is 23.1. The van der Waals surface area contributed by atoms with Gasteiger partial charge in [-0.15, -0.1) is 0 Å². The van der Waals surface area contributed by atoms with E-state index in [2.05, 4.69) is 26.5 Å². The molecule has 166 valence electrons. The molecule has 3 aromatic rings. The summed E-state index contributed by atoms with van der Waals surface area (Å²) in [5, 5.41) is 14.7. The summed E-state index contributed by atoms with van der Waals surface area (Å²) in [6.45, 7) is 1.66. The average Bonchev–Trinajstić information content (AvgIpc) is 2.78. The number of hydrazone groups is 1. The van der Waals surface area contributed by atoms with Crippen LogP contribution in [0.1, 0.15) is 22.8 Å². The third kappa shape index (κ3) is 5.55. The Balaban J connectivity index is 1.80. The molecule has 0 aliphatic heterocycles. The minimum Gasteiger partial charge on any atom is -0.496 e. The summed E-state index contributed by atoms with van der Waals surface area (Å²) in [5.74, 6) is -0.437. The van der Waals surface area contributed by atoms with Gasteiger partial charge in [0, 0.05) is 10.0 Å². The second kappa shape index (κ2) is 10.6. The minimum absolute atomic E-state index is 0.281. The van der Waals surface area contributed by atoms with Crippen LogP contribution in [0.2, 0.25) is 0 Å². The van der Waals surface area contributed by atoms with Crippen molar-refractivity contribution in [1.29, 1.82) is 0 Å². The monoisotopic (exact) mass is 500 g/mol. The van der Waals surface area contributed by atoms with E-state index in [1.807, 2.05) is 24.3 Å². The molecule has 0 saturated carbocycles. The molecule has 2 N–H and O–H groups in total.